The monoisotopic (exact) mass is 378 g/mol. The van der Waals surface area contributed by atoms with E-state index in [1.165, 1.54) is 0 Å². The minimum atomic E-state index is -3.79. The zero-order valence-corrected chi connectivity index (χ0v) is 14.9. The largest absolute Gasteiger partial charge is 0.459 e. The van der Waals surface area contributed by atoms with Gasteiger partial charge in [0.25, 0.3) is 10.0 Å². The number of carbonyl (C=O) groups excluding carboxylic acids is 1. The van der Waals surface area contributed by atoms with Crippen molar-refractivity contribution >= 4 is 32.5 Å². The maximum absolute atomic E-state index is 12.8. The van der Waals surface area contributed by atoms with Gasteiger partial charge >= 0.3 is 5.97 Å². The van der Waals surface area contributed by atoms with Crippen LogP contribution in [0.2, 0.25) is 0 Å². The second-order valence-electron chi connectivity index (χ2n) is 6.11. The SMILES string of the molecule is N#Cc1ccc(COC(=O)CN2c3cccc4cccc(c34)S2(=O)=O)cc1. The van der Waals surface area contributed by atoms with E-state index in [-0.39, 0.29) is 11.5 Å². The quantitative estimate of drug-likeness (QED) is 0.652. The van der Waals surface area contributed by atoms with Crippen LogP contribution in [-0.2, 0) is 26.2 Å². The summed E-state index contributed by atoms with van der Waals surface area (Å²) in [7, 11) is -3.79. The molecule has 1 aliphatic rings. The van der Waals surface area contributed by atoms with Crippen molar-refractivity contribution in [1.29, 1.82) is 5.26 Å². The van der Waals surface area contributed by atoms with Crippen molar-refractivity contribution in [1.82, 2.24) is 0 Å². The summed E-state index contributed by atoms with van der Waals surface area (Å²) in [6.45, 7) is -0.387. The van der Waals surface area contributed by atoms with E-state index >= 15 is 0 Å². The Labute approximate surface area is 156 Å². The maximum atomic E-state index is 12.8. The highest BCUT2D eigenvalue weighted by Crippen LogP contribution is 2.41. The van der Waals surface area contributed by atoms with Crippen molar-refractivity contribution in [2.75, 3.05) is 10.8 Å². The fourth-order valence-corrected chi connectivity index (χ4v) is 4.79. The number of carbonyl (C=O) groups is 1. The smallest absolute Gasteiger partial charge is 0.327 e. The number of hydrogen-bond acceptors (Lipinski definition) is 5. The summed E-state index contributed by atoms with van der Waals surface area (Å²) in [5.41, 5.74) is 1.72. The Bertz CT molecular complexity index is 1190. The molecular weight excluding hydrogens is 364 g/mol. The summed E-state index contributed by atoms with van der Waals surface area (Å²) >= 11 is 0. The van der Waals surface area contributed by atoms with Crippen LogP contribution in [0.25, 0.3) is 10.8 Å². The van der Waals surface area contributed by atoms with E-state index in [1.54, 1.807) is 48.5 Å². The number of sulfonamides is 1. The molecule has 0 aliphatic carbocycles. The number of anilines is 1. The van der Waals surface area contributed by atoms with Crippen LogP contribution >= 0.6 is 0 Å². The van der Waals surface area contributed by atoms with Gasteiger partial charge in [0.05, 0.1) is 22.2 Å². The highest BCUT2D eigenvalue weighted by atomic mass is 32.2. The Balaban J connectivity index is 1.53. The number of nitriles is 1. The van der Waals surface area contributed by atoms with Crippen LogP contribution in [-0.4, -0.2) is 20.9 Å². The molecule has 0 N–H and O–H groups in total. The molecule has 3 aromatic rings. The van der Waals surface area contributed by atoms with Gasteiger partial charge in [-0.05, 0) is 35.2 Å². The van der Waals surface area contributed by atoms with Crippen molar-refractivity contribution in [2.45, 2.75) is 11.5 Å². The molecule has 3 aromatic carbocycles. The molecule has 0 unspecified atom stereocenters. The van der Waals surface area contributed by atoms with Crippen molar-refractivity contribution in [3.63, 3.8) is 0 Å². The van der Waals surface area contributed by atoms with Crippen molar-refractivity contribution < 1.29 is 17.9 Å². The molecule has 1 heterocycles. The van der Waals surface area contributed by atoms with Crippen LogP contribution in [0.3, 0.4) is 0 Å². The molecule has 0 fully saturated rings. The van der Waals surface area contributed by atoms with Gasteiger partial charge in [0.15, 0.2) is 0 Å². The molecule has 0 amide bonds. The van der Waals surface area contributed by atoms with Crippen LogP contribution in [0.4, 0.5) is 5.69 Å². The summed E-state index contributed by atoms with van der Waals surface area (Å²) in [5.74, 6) is -0.646. The van der Waals surface area contributed by atoms with Gasteiger partial charge in [-0.15, -0.1) is 0 Å². The highest BCUT2D eigenvalue weighted by molar-refractivity contribution is 7.93. The third-order valence-corrected chi connectivity index (χ3v) is 6.24. The van der Waals surface area contributed by atoms with Gasteiger partial charge in [-0.2, -0.15) is 5.26 Å². The van der Waals surface area contributed by atoms with Crippen molar-refractivity contribution in [3.05, 3.63) is 71.8 Å². The second-order valence-corrected chi connectivity index (χ2v) is 7.94. The number of hydrogen-bond donors (Lipinski definition) is 0. The molecule has 0 spiro atoms. The zero-order valence-electron chi connectivity index (χ0n) is 14.1. The summed E-state index contributed by atoms with van der Waals surface area (Å²) in [6, 6.07) is 19.0. The summed E-state index contributed by atoms with van der Waals surface area (Å²) in [4.78, 5) is 12.5. The summed E-state index contributed by atoms with van der Waals surface area (Å²) in [5, 5.41) is 10.2. The van der Waals surface area contributed by atoms with Crippen LogP contribution in [0.15, 0.2) is 65.6 Å². The van der Waals surface area contributed by atoms with Gasteiger partial charge in [0.2, 0.25) is 0 Å². The summed E-state index contributed by atoms with van der Waals surface area (Å²) < 4.78 is 32.0. The molecule has 6 nitrogen and oxygen atoms in total. The molecule has 134 valence electrons. The lowest BCUT2D eigenvalue weighted by Gasteiger charge is -2.17. The van der Waals surface area contributed by atoms with Gasteiger partial charge < -0.3 is 4.74 Å². The maximum Gasteiger partial charge on any atom is 0.327 e. The van der Waals surface area contributed by atoms with E-state index in [2.05, 4.69) is 0 Å². The van der Waals surface area contributed by atoms with Gasteiger partial charge in [-0.3, -0.25) is 9.10 Å². The van der Waals surface area contributed by atoms with E-state index in [4.69, 9.17) is 10.00 Å². The predicted octanol–water partition coefficient (Wildman–Crippen LogP) is 2.96. The number of benzene rings is 3. The lowest BCUT2D eigenvalue weighted by Crippen LogP contribution is -2.33. The predicted molar refractivity (Wildman–Crippen MR) is 99.4 cm³/mol. The van der Waals surface area contributed by atoms with Crippen LogP contribution in [0.5, 0.6) is 0 Å². The molecule has 0 atom stereocenters. The minimum absolute atomic E-state index is 0.00950. The molecule has 4 rings (SSSR count). The van der Waals surface area contributed by atoms with Crippen molar-refractivity contribution in [2.24, 2.45) is 0 Å². The van der Waals surface area contributed by atoms with Crippen LogP contribution in [0, 0.1) is 11.3 Å². The lowest BCUT2D eigenvalue weighted by atomic mass is 10.1. The Morgan fingerprint density at radius 2 is 1.74 bits per heavy atom. The third-order valence-electron chi connectivity index (χ3n) is 4.44. The number of nitrogens with zero attached hydrogens (tertiary/aromatic N) is 2. The fourth-order valence-electron chi connectivity index (χ4n) is 3.13. The van der Waals surface area contributed by atoms with Gasteiger partial charge in [-0.1, -0.05) is 36.4 Å². The molecule has 27 heavy (non-hydrogen) atoms. The van der Waals surface area contributed by atoms with Crippen molar-refractivity contribution in [3.8, 4) is 6.07 Å². The van der Waals surface area contributed by atoms with E-state index in [0.29, 0.717) is 16.6 Å². The molecule has 0 aromatic heterocycles. The standard InChI is InChI=1S/C20H14N2O4S/c21-11-14-7-9-15(10-8-14)13-26-19(23)12-22-17-5-1-3-16-4-2-6-18(20(16)17)27(22,24)25/h1-10H,12-13H2. The van der Waals surface area contributed by atoms with Crippen LogP contribution in [0.1, 0.15) is 11.1 Å². The van der Waals surface area contributed by atoms with Gasteiger partial charge in [0.1, 0.15) is 13.2 Å². The molecule has 1 aliphatic heterocycles. The first-order valence-electron chi connectivity index (χ1n) is 8.20. The minimum Gasteiger partial charge on any atom is -0.459 e. The summed E-state index contributed by atoms with van der Waals surface area (Å²) in [6.07, 6.45) is 0. The Hall–Kier alpha value is -3.37. The van der Waals surface area contributed by atoms with E-state index in [0.717, 1.165) is 15.3 Å². The molecule has 0 bridgehead atoms. The first-order valence-corrected chi connectivity index (χ1v) is 9.64. The van der Waals surface area contributed by atoms with E-state index in [1.807, 2.05) is 18.2 Å². The van der Waals surface area contributed by atoms with Gasteiger partial charge in [-0.25, -0.2) is 8.42 Å². The second kappa shape index (κ2) is 6.41. The normalized spacial score (nSPS) is 14.1. The Morgan fingerprint density at radius 1 is 1.04 bits per heavy atom. The molecule has 7 heteroatoms. The molecule has 0 radical (unpaired) electrons. The number of ether oxygens (including phenoxy) is 1. The Morgan fingerprint density at radius 3 is 2.44 bits per heavy atom. The number of esters is 1. The third kappa shape index (κ3) is 2.90. The molecular formula is C20H14N2O4S. The average Bonchev–Trinajstić information content (AvgIpc) is 2.90. The van der Waals surface area contributed by atoms with Crippen LogP contribution < -0.4 is 4.31 Å². The Kier molecular flexibility index (Phi) is 4.05. The first kappa shape index (κ1) is 17.1. The van der Waals surface area contributed by atoms with Gasteiger partial charge in [0, 0.05) is 5.39 Å². The number of rotatable bonds is 4. The van der Waals surface area contributed by atoms with E-state index in [9.17, 15) is 13.2 Å². The van der Waals surface area contributed by atoms with E-state index < -0.39 is 22.5 Å². The zero-order chi connectivity index (χ0) is 19.0. The molecule has 0 saturated carbocycles. The molecule has 0 saturated heterocycles. The highest BCUT2D eigenvalue weighted by Gasteiger charge is 2.36. The topological polar surface area (TPSA) is 87.5 Å². The average molecular weight is 378 g/mol. The first-order chi connectivity index (χ1) is 13.0. The lowest BCUT2D eigenvalue weighted by molar-refractivity contribution is -0.143. The fraction of sp³-hybridized carbons (Fsp3) is 0.100.